The molecule has 9 nitrogen and oxygen atoms in total. The average Bonchev–Trinajstić information content (AvgIpc) is 3.23. The van der Waals surface area contributed by atoms with Gasteiger partial charge < -0.3 is 19.9 Å². The number of hydrogen-bond donors (Lipinski definition) is 2. The van der Waals surface area contributed by atoms with E-state index in [1.165, 1.54) is 22.8 Å². The number of aliphatic carboxylic acids is 1. The molecule has 0 unspecified atom stereocenters. The highest BCUT2D eigenvalue weighted by Gasteiger charge is 2.26. The van der Waals surface area contributed by atoms with E-state index in [1.54, 1.807) is 6.92 Å². The molecule has 0 radical (unpaired) electrons. The van der Waals surface area contributed by atoms with Crippen molar-refractivity contribution in [2.45, 2.75) is 19.1 Å². The Morgan fingerprint density at radius 1 is 1.13 bits per heavy atom. The lowest BCUT2D eigenvalue weighted by Crippen LogP contribution is -2.36. The fourth-order valence-corrected chi connectivity index (χ4v) is 6.76. The normalized spacial score (nSPS) is 14.0. The van der Waals surface area contributed by atoms with Crippen molar-refractivity contribution in [2.24, 2.45) is 0 Å². The van der Waals surface area contributed by atoms with E-state index in [4.69, 9.17) is 14.6 Å². The van der Waals surface area contributed by atoms with E-state index >= 15 is 0 Å². The molecule has 2 N–H and O–H groups in total. The van der Waals surface area contributed by atoms with Crippen molar-refractivity contribution in [1.29, 1.82) is 0 Å². The number of carbonyl (C=O) groups excluding carboxylic acids is 1. The average molecular weight is 557 g/mol. The predicted molar refractivity (Wildman–Crippen MR) is 146 cm³/mol. The van der Waals surface area contributed by atoms with E-state index in [0.717, 1.165) is 27.4 Å². The van der Waals surface area contributed by atoms with Crippen molar-refractivity contribution in [3.05, 3.63) is 82.4 Å². The maximum Gasteiger partial charge on any atom is 0.351 e. The van der Waals surface area contributed by atoms with Crippen LogP contribution in [0, 0.1) is 6.92 Å². The summed E-state index contributed by atoms with van der Waals surface area (Å²) in [5, 5.41) is 12.4. The Balaban J connectivity index is 1.49. The van der Waals surface area contributed by atoms with E-state index in [-0.39, 0.29) is 22.9 Å². The number of carbonyl (C=O) groups is 2. The highest BCUT2D eigenvalue weighted by Crippen LogP contribution is 2.42. The number of methoxy groups -OCH3 is 1. The van der Waals surface area contributed by atoms with Crippen LogP contribution in [0.1, 0.15) is 27.2 Å². The standard InChI is InChI=1S/C27H28N2O7S2/c1-18-24(36-16-23(30)31)26(27(32)35-2)37-25(18)20-9-6-10-22(15-20)28-21-11-13-29(14-12-21)38(33,34)17-19-7-4-3-5-8-19/h3-11,15,28H,12-14,16-17H2,1-2H3,(H,30,31). The number of benzene rings is 2. The molecule has 1 aliphatic rings. The Morgan fingerprint density at radius 3 is 2.55 bits per heavy atom. The number of nitrogens with zero attached hydrogens (tertiary/aromatic N) is 1. The number of carboxylic acid groups (broad SMARTS) is 1. The fraction of sp³-hybridized carbons (Fsp3) is 0.259. The molecule has 0 spiro atoms. The smallest absolute Gasteiger partial charge is 0.351 e. The number of thiophene rings is 1. The van der Waals surface area contributed by atoms with Gasteiger partial charge in [0.1, 0.15) is 5.75 Å². The SMILES string of the molecule is COC(=O)c1sc(-c2cccc(NC3=CCN(S(=O)(=O)Cc4ccccc4)CC3)c2)c(C)c1OCC(=O)O. The number of sulfonamides is 1. The van der Waals surface area contributed by atoms with Crippen molar-refractivity contribution in [3.8, 4) is 16.2 Å². The van der Waals surface area contributed by atoms with E-state index in [9.17, 15) is 18.0 Å². The molecule has 0 amide bonds. The Kier molecular flexibility index (Phi) is 8.50. The van der Waals surface area contributed by atoms with E-state index in [2.05, 4.69) is 5.32 Å². The quantitative estimate of drug-likeness (QED) is 0.350. The Hall–Kier alpha value is -3.67. The Morgan fingerprint density at radius 2 is 1.89 bits per heavy atom. The van der Waals surface area contributed by atoms with Crippen molar-refractivity contribution in [3.63, 3.8) is 0 Å². The van der Waals surface area contributed by atoms with Gasteiger partial charge in [-0.2, -0.15) is 4.31 Å². The summed E-state index contributed by atoms with van der Waals surface area (Å²) in [6.07, 6.45) is 2.41. The maximum absolute atomic E-state index is 12.8. The topological polar surface area (TPSA) is 122 Å². The highest BCUT2D eigenvalue weighted by atomic mass is 32.2. The Labute approximate surface area is 225 Å². The molecule has 0 atom stereocenters. The van der Waals surface area contributed by atoms with Crippen LogP contribution in [0.15, 0.2) is 66.4 Å². The van der Waals surface area contributed by atoms with Crippen LogP contribution in [-0.4, -0.2) is 56.6 Å². The number of esters is 1. The lowest BCUT2D eigenvalue weighted by atomic mass is 10.1. The zero-order chi connectivity index (χ0) is 27.3. The second-order valence-corrected chi connectivity index (χ2v) is 11.7. The van der Waals surface area contributed by atoms with Gasteiger partial charge >= 0.3 is 11.9 Å². The molecule has 1 aliphatic heterocycles. The van der Waals surface area contributed by atoms with Gasteiger partial charge in [-0.05, 0) is 36.3 Å². The van der Waals surface area contributed by atoms with Gasteiger partial charge in [0.05, 0.1) is 12.9 Å². The van der Waals surface area contributed by atoms with Gasteiger partial charge in [0.15, 0.2) is 11.5 Å². The largest absolute Gasteiger partial charge is 0.480 e. The van der Waals surface area contributed by atoms with Crippen LogP contribution in [0.25, 0.3) is 10.4 Å². The van der Waals surface area contributed by atoms with Crippen LogP contribution in [0.2, 0.25) is 0 Å². The minimum atomic E-state index is -3.43. The first kappa shape index (κ1) is 27.4. The minimum absolute atomic E-state index is 0.0294. The summed E-state index contributed by atoms with van der Waals surface area (Å²) in [4.78, 5) is 24.3. The van der Waals surface area contributed by atoms with Crippen molar-refractivity contribution in [1.82, 2.24) is 4.31 Å². The van der Waals surface area contributed by atoms with Crippen LogP contribution < -0.4 is 10.1 Å². The number of rotatable bonds is 10. The molecule has 0 aliphatic carbocycles. The molecule has 4 rings (SSSR count). The molecule has 11 heteroatoms. The molecule has 0 saturated heterocycles. The third-order valence-electron chi connectivity index (χ3n) is 5.99. The fourth-order valence-electron chi connectivity index (χ4n) is 4.12. The van der Waals surface area contributed by atoms with Gasteiger partial charge in [0, 0.05) is 41.3 Å². The summed E-state index contributed by atoms with van der Waals surface area (Å²) in [5.74, 6) is -1.58. The summed E-state index contributed by atoms with van der Waals surface area (Å²) >= 11 is 1.17. The molecule has 0 saturated carbocycles. The lowest BCUT2D eigenvalue weighted by Gasteiger charge is -2.26. The summed E-state index contributed by atoms with van der Waals surface area (Å²) in [6, 6.07) is 16.7. The number of carboxylic acids is 1. The first-order valence-electron chi connectivity index (χ1n) is 11.8. The molecular formula is C27H28N2O7S2. The molecule has 38 heavy (non-hydrogen) atoms. The van der Waals surface area contributed by atoms with Gasteiger partial charge in [0.25, 0.3) is 0 Å². The van der Waals surface area contributed by atoms with Crippen molar-refractivity contribution < 1.29 is 32.6 Å². The predicted octanol–water partition coefficient (Wildman–Crippen LogP) is 4.51. The van der Waals surface area contributed by atoms with Gasteiger partial charge in [-0.3, -0.25) is 0 Å². The number of hydrogen-bond acceptors (Lipinski definition) is 8. The molecular weight excluding hydrogens is 528 g/mol. The number of nitrogens with one attached hydrogen (secondary N) is 1. The van der Waals surface area contributed by atoms with Crippen molar-refractivity contribution >= 4 is 39.0 Å². The monoisotopic (exact) mass is 556 g/mol. The van der Waals surface area contributed by atoms with Crippen LogP contribution in [0.3, 0.4) is 0 Å². The van der Waals surface area contributed by atoms with E-state index in [0.29, 0.717) is 18.5 Å². The number of anilines is 1. The zero-order valence-corrected chi connectivity index (χ0v) is 22.6. The molecule has 0 bridgehead atoms. The molecule has 2 aromatic carbocycles. The summed E-state index contributed by atoms with van der Waals surface area (Å²) in [5.41, 5.74) is 3.93. The Bertz CT molecular complexity index is 1460. The van der Waals surface area contributed by atoms with Crippen LogP contribution in [0.5, 0.6) is 5.75 Å². The summed E-state index contributed by atoms with van der Waals surface area (Å²) in [6.45, 7) is 1.86. The summed E-state index contributed by atoms with van der Waals surface area (Å²) < 4.78 is 37.4. The number of ether oxygens (including phenoxy) is 2. The highest BCUT2D eigenvalue weighted by molar-refractivity contribution is 7.88. The first-order chi connectivity index (χ1) is 18.2. The van der Waals surface area contributed by atoms with Gasteiger partial charge in [0.2, 0.25) is 10.0 Å². The summed E-state index contributed by atoms with van der Waals surface area (Å²) in [7, 11) is -2.17. The maximum atomic E-state index is 12.8. The third-order valence-corrected chi connectivity index (χ3v) is 9.11. The van der Waals surface area contributed by atoms with Gasteiger partial charge in [-0.1, -0.05) is 42.5 Å². The van der Waals surface area contributed by atoms with Gasteiger partial charge in [-0.15, -0.1) is 11.3 Å². The van der Waals surface area contributed by atoms with Gasteiger partial charge in [-0.25, -0.2) is 18.0 Å². The van der Waals surface area contributed by atoms with Crippen LogP contribution in [-0.2, 0) is 25.3 Å². The molecule has 3 aromatic rings. The zero-order valence-electron chi connectivity index (χ0n) is 21.0. The lowest BCUT2D eigenvalue weighted by molar-refractivity contribution is -0.139. The molecule has 1 aromatic heterocycles. The minimum Gasteiger partial charge on any atom is -0.480 e. The molecule has 2 heterocycles. The molecule has 200 valence electrons. The molecule has 0 fully saturated rings. The van der Waals surface area contributed by atoms with E-state index in [1.807, 2.05) is 60.7 Å². The van der Waals surface area contributed by atoms with E-state index < -0.39 is 28.6 Å². The van der Waals surface area contributed by atoms with Crippen molar-refractivity contribution in [2.75, 3.05) is 32.1 Å². The van der Waals surface area contributed by atoms with Crippen LogP contribution >= 0.6 is 11.3 Å². The third kappa shape index (κ3) is 6.42. The second kappa shape index (κ2) is 11.8. The first-order valence-corrected chi connectivity index (χ1v) is 14.2. The van der Waals surface area contributed by atoms with Crippen LogP contribution in [0.4, 0.5) is 5.69 Å². The second-order valence-electron chi connectivity index (χ2n) is 8.67.